The first kappa shape index (κ1) is 38.1. The molecule has 0 bridgehead atoms. The molecule has 2 heterocycles. The number of aromatic nitrogens is 2. The molecule has 6 aromatic rings. The predicted molar refractivity (Wildman–Crippen MR) is 238 cm³/mol. The van der Waals surface area contributed by atoms with Gasteiger partial charge >= 0.3 is 0 Å². The van der Waals surface area contributed by atoms with Crippen molar-refractivity contribution in [1.82, 2.24) is 9.97 Å². The molecule has 2 aliphatic carbocycles. The van der Waals surface area contributed by atoms with Crippen molar-refractivity contribution in [3.8, 4) is 55.9 Å². The summed E-state index contributed by atoms with van der Waals surface area (Å²) < 4.78 is 0. The molecule has 0 atom stereocenters. The molecular formula is C54H60N2. The Morgan fingerprint density at radius 1 is 0.357 bits per heavy atom. The van der Waals surface area contributed by atoms with Crippen LogP contribution in [0, 0.1) is 24.7 Å². The van der Waals surface area contributed by atoms with Gasteiger partial charge in [0.1, 0.15) is 0 Å². The van der Waals surface area contributed by atoms with Gasteiger partial charge in [-0.3, -0.25) is 9.97 Å². The summed E-state index contributed by atoms with van der Waals surface area (Å²) in [5.41, 5.74) is 20.1. The van der Waals surface area contributed by atoms with Crippen molar-refractivity contribution in [3.63, 3.8) is 0 Å². The van der Waals surface area contributed by atoms with Crippen molar-refractivity contribution >= 4 is 0 Å². The van der Waals surface area contributed by atoms with Crippen LogP contribution in [0.15, 0.2) is 109 Å². The number of pyridine rings is 2. The molecule has 0 aliphatic heterocycles. The standard InChI is InChI=1S/C54H60N2/c1-33-26-34(2)28-39(27-33)48-40(37-20-24-46(55-31-37)35-18-22-42-44(29-35)51(7,8)53(11,12)49(42,3)4)16-15-17-41(48)38-21-25-47(56-32-38)36-19-23-43-45(30-36)52(9,10)54(13,14)50(43,5)6/h15-32H,1-14H3. The van der Waals surface area contributed by atoms with Crippen molar-refractivity contribution in [2.75, 3.05) is 0 Å². The average Bonchev–Trinajstić information content (AvgIpc) is 3.33. The van der Waals surface area contributed by atoms with Gasteiger partial charge in [0.05, 0.1) is 11.4 Å². The van der Waals surface area contributed by atoms with Crippen molar-refractivity contribution in [2.24, 2.45) is 10.8 Å². The molecule has 0 saturated heterocycles. The fourth-order valence-electron chi connectivity index (χ4n) is 10.4. The van der Waals surface area contributed by atoms with Crippen molar-refractivity contribution < 1.29 is 0 Å². The Morgan fingerprint density at radius 3 is 1.11 bits per heavy atom. The summed E-state index contributed by atoms with van der Waals surface area (Å²) in [6, 6.07) is 36.5. The van der Waals surface area contributed by atoms with E-state index in [9.17, 15) is 0 Å². The minimum absolute atomic E-state index is 0.0442. The Hall–Kier alpha value is -4.82. The number of rotatable bonds is 5. The maximum Gasteiger partial charge on any atom is 0.0702 e. The molecule has 2 aromatic heterocycles. The molecule has 0 radical (unpaired) electrons. The Morgan fingerprint density at radius 2 is 0.732 bits per heavy atom. The van der Waals surface area contributed by atoms with Crippen LogP contribution in [0.2, 0.25) is 0 Å². The number of fused-ring (bicyclic) bond motifs is 2. The highest BCUT2D eigenvalue weighted by molar-refractivity contribution is 5.95. The molecule has 4 aromatic carbocycles. The van der Waals surface area contributed by atoms with Crippen LogP contribution in [-0.4, -0.2) is 9.97 Å². The van der Waals surface area contributed by atoms with E-state index in [1.807, 2.05) is 0 Å². The molecular weight excluding hydrogens is 677 g/mol. The molecule has 0 N–H and O–H groups in total. The second-order valence-corrected chi connectivity index (χ2v) is 20.2. The zero-order valence-electron chi connectivity index (χ0n) is 36.3. The Kier molecular flexibility index (Phi) is 8.39. The normalized spacial score (nSPS) is 19.0. The summed E-state index contributed by atoms with van der Waals surface area (Å²) in [4.78, 5) is 10.3. The smallest absolute Gasteiger partial charge is 0.0702 e. The summed E-state index contributed by atoms with van der Waals surface area (Å²) in [5, 5.41) is 0. The molecule has 0 fully saturated rings. The topological polar surface area (TPSA) is 25.8 Å². The lowest BCUT2D eigenvalue weighted by atomic mass is 9.59. The first-order chi connectivity index (χ1) is 26.1. The number of aryl methyl sites for hydroxylation is 2. The second-order valence-electron chi connectivity index (χ2n) is 20.2. The fourth-order valence-corrected chi connectivity index (χ4v) is 10.4. The largest absolute Gasteiger partial charge is 0.256 e. The van der Waals surface area contributed by atoms with E-state index < -0.39 is 0 Å². The molecule has 0 unspecified atom stereocenters. The molecule has 2 nitrogen and oxygen atoms in total. The van der Waals surface area contributed by atoms with Gasteiger partial charge < -0.3 is 0 Å². The Balaban J connectivity index is 1.19. The van der Waals surface area contributed by atoms with Gasteiger partial charge in [0.15, 0.2) is 0 Å². The molecule has 8 rings (SSSR count). The summed E-state index contributed by atoms with van der Waals surface area (Å²) in [6.07, 6.45) is 4.12. The molecule has 2 aliphatic rings. The number of benzene rings is 4. The average molecular weight is 737 g/mol. The van der Waals surface area contributed by atoms with Crippen LogP contribution in [0.25, 0.3) is 55.9 Å². The summed E-state index contributed by atoms with van der Waals surface area (Å²) in [7, 11) is 0. The number of hydrogen-bond acceptors (Lipinski definition) is 2. The van der Waals surface area contributed by atoms with Crippen LogP contribution in [0.4, 0.5) is 0 Å². The first-order valence-electron chi connectivity index (χ1n) is 20.6. The highest BCUT2D eigenvalue weighted by Crippen LogP contribution is 2.63. The first-order valence-corrected chi connectivity index (χ1v) is 20.6. The van der Waals surface area contributed by atoms with Gasteiger partial charge in [0.25, 0.3) is 0 Å². The second kappa shape index (κ2) is 12.3. The third kappa shape index (κ3) is 5.27. The van der Waals surface area contributed by atoms with Crippen molar-refractivity contribution in [1.29, 1.82) is 0 Å². The van der Waals surface area contributed by atoms with E-state index in [0.717, 1.165) is 22.5 Å². The van der Waals surface area contributed by atoms with Crippen molar-refractivity contribution in [3.05, 3.63) is 143 Å². The van der Waals surface area contributed by atoms with Crippen LogP contribution < -0.4 is 0 Å². The summed E-state index contributed by atoms with van der Waals surface area (Å²) in [5.74, 6) is 0. The van der Waals surface area contributed by atoms with Crippen LogP contribution in [-0.2, 0) is 21.7 Å². The van der Waals surface area contributed by atoms with E-state index in [0.29, 0.717) is 0 Å². The molecule has 56 heavy (non-hydrogen) atoms. The SMILES string of the molecule is Cc1cc(C)cc(-c2c(-c3ccc(-c4ccc5c(c4)C(C)(C)C(C)(C)C5(C)C)nc3)cccc2-c2ccc(-c3ccc4c(c3)C(C)(C)C(C)(C)C4(C)C)nc2)c1. The van der Waals surface area contributed by atoms with E-state index in [4.69, 9.17) is 9.97 Å². The molecule has 0 amide bonds. The van der Waals surface area contributed by atoms with E-state index in [1.54, 1.807) is 0 Å². The van der Waals surface area contributed by atoms with E-state index in [-0.39, 0.29) is 32.5 Å². The van der Waals surface area contributed by atoms with Crippen LogP contribution in [0.1, 0.15) is 116 Å². The van der Waals surface area contributed by atoms with Gasteiger partial charge in [-0.1, -0.05) is 167 Å². The van der Waals surface area contributed by atoms with Gasteiger partial charge in [0.2, 0.25) is 0 Å². The van der Waals surface area contributed by atoms with Gasteiger partial charge in [-0.05, 0) is 115 Å². The lowest BCUT2D eigenvalue weighted by Gasteiger charge is -2.44. The Bertz CT molecular complexity index is 2350. The third-order valence-corrected chi connectivity index (χ3v) is 16.3. The van der Waals surface area contributed by atoms with Gasteiger partial charge in [0, 0.05) is 34.6 Å². The van der Waals surface area contributed by atoms with E-state index in [1.165, 1.54) is 66.8 Å². The highest BCUT2D eigenvalue weighted by Gasteiger charge is 2.57. The summed E-state index contributed by atoms with van der Waals surface area (Å²) in [6.45, 7) is 33.2. The van der Waals surface area contributed by atoms with Crippen LogP contribution >= 0.6 is 0 Å². The lowest BCUT2D eigenvalue weighted by molar-refractivity contribution is 0.125. The maximum absolute atomic E-state index is 5.13. The zero-order valence-corrected chi connectivity index (χ0v) is 36.3. The number of hydrogen-bond donors (Lipinski definition) is 0. The van der Waals surface area contributed by atoms with Crippen molar-refractivity contribution in [2.45, 2.75) is 119 Å². The molecule has 0 spiro atoms. The predicted octanol–water partition coefficient (Wildman–Crippen LogP) is 14.6. The van der Waals surface area contributed by atoms with Gasteiger partial charge in [-0.2, -0.15) is 0 Å². The van der Waals surface area contributed by atoms with E-state index >= 15 is 0 Å². The molecule has 2 heteroatoms. The monoisotopic (exact) mass is 736 g/mol. The molecule has 0 saturated carbocycles. The van der Waals surface area contributed by atoms with Gasteiger partial charge in [-0.25, -0.2) is 0 Å². The summed E-state index contributed by atoms with van der Waals surface area (Å²) >= 11 is 0. The van der Waals surface area contributed by atoms with E-state index in [2.05, 4.69) is 206 Å². The van der Waals surface area contributed by atoms with Gasteiger partial charge in [-0.15, -0.1) is 0 Å². The van der Waals surface area contributed by atoms with Crippen LogP contribution in [0.5, 0.6) is 0 Å². The maximum atomic E-state index is 5.13. The minimum Gasteiger partial charge on any atom is -0.256 e. The third-order valence-electron chi connectivity index (χ3n) is 16.3. The lowest BCUT2D eigenvalue weighted by Crippen LogP contribution is -2.42. The highest BCUT2D eigenvalue weighted by atomic mass is 14.7. The quantitative estimate of drug-likeness (QED) is 0.176. The van der Waals surface area contributed by atoms with Crippen LogP contribution in [0.3, 0.4) is 0 Å². The Labute approximate surface area is 336 Å². The minimum atomic E-state index is 0.0442. The molecule has 286 valence electrons. The number of nitrogens with zero attached hydrogens (tertiary/aromatic N) is 2. The zero-order chi connectivity index (χ0) is 40.4. The fraction of sp³-hybridized carbons (Fsp3) is 0.370.